The van der Waals surface area contributed by atoms with Gasteiger partial charge in [0.15, 0.2) is 0 Å². The quantitative estimate of drug-likeness (QED) is 0.758. The van der Waals surface area contributed by atoms with E-state index >= 15 is 0 Å². The number of aryl methyl sites for hydroxylation is 1. The Balaban J connectivity index is 2.29. The van der Waals surface area contributed by atoms with Crippen LogP contribution in [-0.2, 0) is 5.41 Å². The first-order valence-electron chi connectivity index (χ1n) is 4.57. The van der Waals surface area contributed by atoms with Gasteiger partial charge in [0.05, 0.1) is 12.0 Å². The first kappa shape index (κ1) is 9.58. The molecule has 0 spiro atoms. The highest BCUT2D eigenvalue weighted by Gasteiger charge is 2.58. The van der Waals surface area contributed by atoms with Crippen molar-refractivity contribution in [3.05, 3.63) is 17.7 Å². The monoisotopic (exact) mass is 201 g/mol. The second-order valence-corrected chi connectivity index (χ2v) is 4.07. The summed E-state index contributed by atoms with van der Waals surface area (Å²) in [5.74, 6) is -2.56. The minimum atomic E-state index is -2.56. The standard InChI is InChI=1S/C9H13F2N3/c1-6-7(14-5-13-6)8(4-12)2-9(10,11)3-8/h5H,2-4,12H2,1H3,(H,13,14). The van der Waals surface area contributed by atoms with E-state index in [9.17, 15) is 8.78 Å². The predicted octanol–water partition coefficient (Wildman–Crippen LogP) is 1.34. The van der Waals surface area contributed by atoms with E-state index < -0.39 is 11.3 Å². The van der Waals surface area contributed by atoms with Gasteiger partial charge in [-0.2, -0.15) is 0 Å². The fraction of sp³-hybridized carbons (Fsp3) is 0.667. The average molecular weight is 201 g/mol. The summed E-state index contributed by atoms with van der Waals surface area (Å²) in [4.78, 5) is 6.97. The van der Waals surface area contributed by atoms with Crippen molar-refractivity contribution >= 4 is 0 Å². The van der Waals surface area contributed by atoms with E-state index in [1.165, 1.54) is 6.33 Å². The second-order valence-electron chi connectivity index (χ2n) is 4.07. The lowest BCUT2D eigenvalue weighted by Crippen LogP contribution is -2.54. The molecule has 0 unspecified atom stereocenters. The van der Waals surface area contributed by atoms with Crippen LogP contribution < -0.4 is 5.73 Å². The first-order valence-corrected chi connectivity index (χ1v) is 4.57. The van der Waals surface area contributed by atoms with Gasteiger partial charge >= 0.3 is 0 Å². The van der Waals surface area contributed by atoms with Crippen molar-refractivity contribution < 1.29 is 8.78 Å². The second kappa shape index (κ2) is 2.76. The molecule has 1 aromatic rings. The average Bonchev–Trinajstić information content (AvgIpc) is 2.46. The molecule has 1 aliphatic rings. The largest absolute Gasteiger partial charge is 0.348 e. The van der Waals surface area contributed by atoms with Crippen LogP contribution in [0.15, 0.2) is 6.33 Å². The summed E-state index contributed by atoms with van der Waals surface area (Å²) < 4.78 is 25.7. The number of H-pyrrole nitrogens is 1. The van der Waals surface area contributed by atoms with Crippen LogP contribution in [0.25, 0.3) is 0 Å². The molecule has 1 saturated carbocycles. The number of aromatic amines is 1. The van der Waals surface area contributed by atoms with Gasteiger partial charge in [0, 0.05) is 30.5 Å². The van der Waals surface area contributed by atoms with E-state index in [-0.39, 0.29) is 19.4 Å². The molecule has 14 heavy (non-hydrogen) atoms. The molecule has 0 radical (unpaired) electrons. The third-order valence-electron chi connectivity index (χ3n) is 2.92. The van der Waals surface area contributed by atoms with Crippen LogP contribution in [0.5, 0.6) is 0 Å². The van der Waals surface area contributed by atoms with Crippen molar-refractivity contribution in [2.75, 3.05) is 6.54 Å². The Morgan fingerprint density at radius 2 is 2.21 bits per heavy atom. The molecule has 3 nitrogen and oxygen atoms in total. The maximum Gasteiger partial charge on any atom is 0.250 e. The molecule has 0 saturated heterocycles. The van der Waals surface area contributed by atoms with Crippen LogP contribution in [0.2, 0.25) is 0 Å². The number of aromatic nitrogens is 2. The molecule has 5 heteroatoms. The highest BCUT2D eigenvalue weighted by molar-refractivity contribution is 5.28. The highest BCUT2D eigenvalue weighted by Crippen LogP contribution is 2.52. The number of imidazole rings is 1. The van der Waals surface area contributed by atoms with Crippen LogP contribution >= 0.6 is 0 Å². The molecular weight excluding hydrogens is 188 g/mol. The van der Waals surface area contributed by atoms with Crippen molar-refractivity contribution in [1.82, 2.24) is 9.97 Å². The van der Waals surface area contributed by atoms with Crippen LogP contribution in [-0.4, -0.2) is 22.4 Å². The lowest BCUT2D eigenvalue weighted by molar-refractivity contribution is -0.125. The van der Waals surface area contributed by atoms with Crippen LogP contribution in [0.1, 0.15) is 24.2 Å². The summed E-state index contributed by atoms with van der Waals surface area (Å²) in [7, 11) is 0. The Hall–Kier alpha value is -0.970. The Bertz CT molecular complexity index is 338. The number of hydrogen-bond acceptors (Lipinski definition) is 2. The predicted molar refractivity (Wildman–Crippen MR) is 48.2 cm³/mol. The molecule has 1 fully saturated rings. The Morgan fingerprint density at radius 1 is 1.57 bits per heavy atom. The third kappa shape index (κ3) is 1.23. The maximum atomic E-state index is 12.9. The molecule has 2 rings (SSSR count). The molecule has 1 aromatic heterocycles. The molecule has 1 aliphatic carbocycles. The lowest BCUT2D eigenvalue weighted by atomic mass is 9.63. The topological polar surface area (TPSA) is 54.7 Å². The van der Waals surface area contributed by atoms with Gasteiger partial charge < -0.3 is 10.7 Å². The SMILES string of the molecule is Cc1[nH]cnc1C1(CN)CC(F)(F)C1. The van der Waals surface area contributed by atoms with Crippen molar-refractivity contribution in [2.45, 2.75) is 31.1 Å². The smallest absolute Gasteiger partial charge is 0.250 e. The van der Waals surface area contributed by atoms with Gasteiger partial charge in [-0.3, -0.25) is 0 Å². The van der Waals surface area contributed by atoms with Gasteiger partial charge in [0.2, 0.25) is 5.92 Å². The van der Waals surface area contributed by atoms with E-state index in [2.05, 4.69) is 9.97 Å². The number of hydrogen-bond donors (Lipinski definition) is 2. The van der Waals surface area contributed by atoms with E-state index in [0.29, 0.717) is 5.69 Å². The fourth-order valence-electron chi connectivity index (χ4n) is 2.24. The number of nitrogens with one attached hydrogen (secondary N) is 1. The number of nitrogens with two attached hydrogens (primary N) is 1. The zero-order valence-electron chi connectivity index (χ0n) is 7.98. The van der Waals surface area contributed by atoms with Gasteiger partial charge in [0.1, 0.15) is 0 Å². The molecule has 78 valence electrons. The van der Waals surface area contributed by atoms with Crippen molar-refractivity contribution in [3.8, 4) is 0 Å². The summed E-state index contributed by atoms with van der Waals surface area (Å²) in [5, 5.41) is 0. The molecule has 0 atom stereocenters. The van der Waals surface area contributed by atoms with E-state index in [1.54, 1.807) is 0 Å². The molecule has 3 N–H and O–H groups in total. The first-order chi connectivity index (χ1) is 6.49. The summed E-state index contributed by atoms with van der Waals surface area (Å²) >= 11 is 0. The van der Waals surface area contributed by atoms with Gasteiger partial charge in [-0.15, -0.1) is 0 Å². The van der Waals surface area contributed by atoms with Crippen LogP contribution in [0.4, 0.5) is 8.78 Å². The molecule has 1 heterocycles. The van der Waals surface area contributed by atoms with Crippen molar-refractivity contribution in [2.24, 2.45) is 5.73 Å². The number of nitrogens with zero attached hydrogens (tertiary/aromatic N) is 1. The fourth-order valence-corrected chi connectivity index (χ4v) is 2.24. The van der Waals surface area contributed by atoms with Gasteiger partial charge in [-0.1, -0.05) is 0 Å². The molecule has 0 aromatic carbocycles. The van der Waals surface area contributed by atoms with Crippen LogP contribution in [0.3, 0.4) is 0 Å². The third-order valence-corrected chi connectivity index (χ3v) is 2.92. The molecule has 0 amide bonds. The van der Waals surface area contributed by atoms with E-state index in [0.717, 1.165) is 5.69 Å². The summed E-state index contributed by atoms with van der Waals surface area (Å²) in [5.41, 5.74) is 6.50. The number of halogens is 2. The Kier molecular flexibility index (Phi) is 1.89. The maximum absolute atomic E-state index is 12.9. The summed E-state index contributed by atoms with van der Waals surface area (Å²) in [6.07, 6.45) is 1.17. The zero-order valence-corrected chi connectivity index (χ0v) is 7.98. The van der Waals surface area contributed by atoms with Gasteiger partial charge in [0.25, 0.3) is 0 Å². The summed E-state index contributed by atoms with van der Waals surface area (Å²) in [6, 6.07) is 0. The Morgan fingerprint density at radius 3 is 2.57 bits per heavy atom. The minimum Gasteiger partial charge on any atom is -0.348 e. The normalized spacial score (nSPS) is 23.1. The minimum absolute atomic E-state index is 0.178. The van der Waals surface area contributed by atoms with Crippen molar-refractivity contribution in [3.63, 3.8) is 0 Å². The van der Waals surface area contributed by atoms with E-state index in [4.69, 9.17) is 5.73 Å². The highest BCUT2D eigenvalue weighted by atomic mass is 19.3. The number of rotatable bonds is 2. The lowest BCUT2D eigenvalue weighted by Gasteiger charge is -2.46. The molecule has 0 bridgehead atoms. The van der Waals surface area contributed by atoms with Crippen molar-refractivity contribution in [1.29, 1.82) is 0 Å². The van der Waals surface area contributed by atoms with Gasteiger partial charge in [-0.05, 0) is 6.92 Å². The Labute approximate surface area is 80.7 Å². The van der Waals surface area contributed by atoms with E-state index in [1.807, 2.05) is 6.92 Å². The molecular formula is C9H13F2N3. The van der Waals surface area contributed by atoms with Crippen LogP contribution in [0, 0.1) is 6.92 Å². The summed E-state index contributed by atoms with van der Waals surface area (Å²) in [6.45, 7) is 2.06. The zero-order chi connectivity index (χ0) is 10.4. The molecule has 0 aliphatic heterocycles. The van der Waals surface area contributed by atoms with Gasteiger partial charge in [-0.25, -0.2) is 13.8 Å². The number of alkyl halides is 2.